The van der Waals surface area contributed by atoms with Crippen LogP contribution in [0.5, 0.6) is 5.75 Å². The van der Waals surface area contributed by atoms with Gasteiger partial charge in [0, 0.05) is 25.6 Å². The van der Waals surface area contributed by atoms with Crippen LogP contribution in [0.2, 0.25) is 0 Å². The predicted octanol–water partition coefficient (Wildman–Crippen LogP) is 2.48. The molecule has 1 aromatic rings. The Morgan fingerprint density at radius 1 is 1.32 bits per heavy atom. The van der Waals surface area contributed by atoms with E-state index in [4.69, 9.17) is 4.74 Å². The van der Waals surface area contributed by atoms with Crippen LogP contribution in [-0.2, 0) is 14.8 Å². The first-order valence-corrected chi connectivity index (χ1v) is 12.0. The highest BCUT2D eigenvalue weighted by Crippen LogP contribution is 2.31. The van der Waals surface area contributed by atoms with Crippen molar-refractivity contribution in [2.75, 3.05) is 25.4 Å². The van der Waals surface area contributed by atoms with E-state index in [9.17, 15) is 22.4 Å². The third kappa shape index (κ3) is 7.32. The summed E-state index contributed by atoms with van der Waals surface area (Å²) in [5, 5.41) is 2.23. The molecule has 10 heteroatoms. The number of imide groups is 1. The third-order valence-electron chi connectivity index (χ3n) is 5.17. The molecule has 170 valence electrons. The molecular weight excluding hydrogens is 425 g/mol. The molecule has 1 saturated carbocycles. The zero-order chi connectivity index (χ0) is 22.4. The summed E-state index contributed by atoms with van der Waals surface area (Å²) in [6, 6.07) is 3.39. The maximum Gasteiger partial charge on any atom is 0.324 e. The van der Waals surface area contributed by atoms with Crippen molar-refractivity contribution in [2.45, 2.75) is 38.6 Å². The molecule has 0 unspecified atom stereocenters. The summed E-state index contributed by atoms with van der Waals surface area (Å²) >= 11 is 0. The van der Waals surface area contributed by atoms with Crippen LogP contribution in [0.3, 0.4) is 0 Å². The summed E-state index contributed by atoms with van der Waals surface area (Å²) in [5.41, 5.74) is 0.622. The second-order valence-electron chi connectivity index (χ2n) is 7.91. The van der Waals surface area contributed by atoms with Crippen molar-refractivity contribution in [2.24, 2.45) is 5.92 Å². The number of allylic oxidation sites excluding steroid dienone is 1. The molecular formula is C21H28FN3O5S. The number of carbonyl (C=O) groups is 2. The van der Waals surface area contributed by atoms with Gasteiger partial charge in [-0.15, -0.1) is 0 Å². The van der Waals surface area contributed by atoms with E-state index in [-0.39, 0.29) is 30.3 Å². The van der Waals surface area contributed by atoms with Crippen LogP contribution in [-0.4, -0.2) is 50.7 Å². The quantitative estimate of drug-likeness (QED) is 0.501. The van der Waals surface area contributed by atoms with Crippen molar-refractivity contribution in [3.63, 3.8) is 0 Å². The predicted molar refractivity (Wildman–Crippen MR) is 113 cm³/mol. The molecule has 0 radical (unpaired) electrons. The number of rotatable bonds is 11. The SMILES string of the molecule is C[C@@H](NS(=O)(=O)CC/C=C/CN1CCC(=O)NC1=O)c1ccc(F)c(OCC2CC2)c1. The number of carbonyl (C=O) groups excluding carboxylic acids is 2. The number of benzene rings is 1. The summed E-state index contributed by atoms with van der Waals surface area (Å²) in [5.74, 6) is -0.249. The summed E-state index contributed by atoms with van der Waals surface area (Å²) in [4.78, 5) is 24.2. The van der Waals surface area contributed by atoms with Crippen LogP contribution in [0.4, 0.5) is 9.18 Å². The van der Waals surface area contributed by atoms with Gasteiger partial charge in [-0.25, -0.2) is 22.3 Å². The van der Waals surface area contributed by atoms with E-state index in [1.54, 1.807) is 31.2 Å². The van der Waals surface area contributed by atoms with Gasteiger partial charge in [0.1, 0.15) is 0 Å². The molecule has 2 fully saturated rings. The van der Waals surface area contributed by atoms with E-state index in [0.29, 0.717) is 31.2 Å². The summed E-state index contributed by atoms with van der Waals surface area (Å²) < 4.78 is 46.8. The molecule has 1 aliphatic heterocycles. The van der Waals surface area contributed by atoms with Crippen LogP contribution in [0, 0.1) is 11.7 Å². The number of urea groups is 1. The zero-order valence-corrected chi connectivity index (χ0v) is 18.3. The average molecular weight is 454 g/mol. The van der Waals surface area contributed by atoms with Gasteiger partial charge in [0.25, 0.3) is 0 Å². The number of sulfonamides is 1. The molecule has 3 amide bonds. The lowest BCUT2D eigenvalue weighted by Gasteiger charge is -2.25. The highest BCUT2D eigenvalue weighted by atomic mass is 32.2. The van der Waals surface area contributed by atoms with Crippen LogP contribution in [0.1, 0.15) is 44.2 Å². The van der Waals surface area contributed by atoms with Gasteiger partial charge >= 0.3 is 6.03 Å². The van der Waals surface area contributed by atoms with E-state index < -0.39 is 27.9 Å². The van der Waals surface area contributed by atoms with Gasteiger partial charge < -0.3 is 9.64 Å². The lowest BCUT2D eigenvalue weighted by atomic mass is 10.1. The fourth-order valence-corrected chi connectivity index (χ4v) is 4.34. The van der Waals surface area contributed by atoms with Crippen LogP contribution >= 0.6 is 0 Å². The molecule has 0 bridgehead atoms. The fourth-order valence-electron chi connectivity index (χ4n) is 3.10. The van der Waals surface area contributed by atoms with Crippen molar-refractivity contribution in [3.8, 4) is 5.75 Å². The number of hydrogen-bond acceptors (Lipinski definition) is 5. The molecule has 8 nitrogen and oxygen atoms in total. The summed E-state index contributed by atoms with van der Waals surface area (Å²) in [6.07, 6.45) is 6.11. The Bertz CT molecular complexity index is 946. The van der Waals surface area contributed by atoms with Gasteiger partial charge in [0.05, 0.1) is 12.4 Å². The minimum Gasteiger partial charge on any atom is -0.490 e. The molecule has 1 saturated heterocycles. The van der Waals surface area contributed by atoms with E-state index >= 15 is 0 Å². The molecule has 3 rings (SSSR count). The van der Waals surface area contributed by atoms with Crippen molar-refractivity contribution in [1.82, 2.24) is 14.9 Å². The van der Waals surface area contributed by atoms with Crippen LogP contribution in [0.15, 0.2) is 30.4 Å². The monoisotopic (exact) mass is 453 g/mol. The molecule has 1 heterocycles. The highest BCUT2D eigenvalue weighted by Gasteiger charge is 2.23. The largest absolute Gasteiger partial charge is 0.490 e. The Labute approximate surface area is 181 Å². The van der Waals surface area contributed by atoms with Gasteiger partial charge in [-0.2, -0.15) is 0 Å². The first-order chi connectivity index (χ1) is 14.7. The third-order valence-corrected chi connectivity index (χ3v) is 6.66. The number of nitrogens with zero attached hydrogens (tertiary/aromatic N) is 1. The molecule has 1 atom stereocenters. The van der Waals surface area contributed by atoms with Gasteiger partial charge in [0.15, 0.2) is 11.6 Å². The first kappa shape index (κ1) is 23.2. The lowest BCUT2D eigenvalue weighted by molar-refractivity contribution is -0.121. The second kappa shape index (κ2) is 10.2. The maximum atomic E-state index is 13.9. The normalized spacial score (nSPS) is 18.3. The van der Waals surface area contributed by atoms with Gasteiger partial charge in [-0.3, -0.25) is 10.1 Å². The fraction of sp³-hybridized carbons (Fsp3) is 0.524. The van der Waals surface area contributed by atoms with E-state index in [1.165, 1.54) is 11.0 Å². The van der Waals surface area contributed by atoms with Crippen molar-refractivity contribution >= 4 is 22.0 Å². The van der Waals surface area contributed by atoms with Gasteiger partial charge in [-0.1, -0.05) is 18.2 Å². The molecule has 0 aromatic heterocycles. The Hall–Kier alpha value is -2.46. The molecule has 0 spiro atoms. The van der Waals surface area contributed by atoms with Crippen molar-refractivity contribution < 1.29 is 27.1 Å². The molecule has 2 N–H and O–H groups in total. The van der Waals surface area contributed by atoms with Gasteiger partial charge in [-0.05, 0) is 49.8 Å². The zero-order valence-electron chi connectivity index (χ0n) is 17.5. The lowest BCUT2D eigenvalue weighted by Crippen LogP contribution is -2.49. The Morgan fingerprint density at radius 2 is 2.10 bits per heavy atom. The number of halogens is 1. The van der Waals surface area contributed by atoms with Crippen LogP contribution in [0.25, 0.3) is 0 Å². The van der Waals surface area contributed by atoms with Crippen LogP contribution < -0.4 is 14.8 Å². The molecule has 1 aliphatic carbocycles. The topological polar surface area (TPSA) is 105 Å². The number of nitrogens with one attached hydrogen (secondary N) is 2. The van der Waals surface area contributed by atoms with Crippen molar-refractivity contribution in [3.05, 3.63) is 41.7 Å². The van der Waals surface area contributed by atoms with Crippen molar-refractivity contribution in [1.29, 1.82) is 0 Å². The average Bonchev–Trinajstić information content (AvgIpc) is 3.52. The maximum absolute atomic E-state index is 13.9. The summed E-state index contributed by atoms with van der Waals surface area (Å²) in [7, 11) is -3.56. The highest BCUT2D eigenvalue weighted by molar-refractivity contribution is 7.89. The van der Waals surface area contributed by atoms with Gasteiger partial charge in [0.2, 0.25) is 15.9 Å². The smallest absolute Gasteiger partial charge is 0.324 e. The Kier molecular flexibility index (Phi) is 7.66. The summed E-state index contributed by atoms with van der Waals surface area (Å²) in [6.45, 7) is 2.82. The van der Waals surface area contributed by atoms with E-state index in [1.807, 2.05) is 0 Å². The number of ether oxygens (including phenoxy) is 1. The number of amides is 3. The second-order valence-corrected chi connectivity index (χ2v) is 9.79. The van der Waals surface area contributed by atoms with E-state index in [2.05, 4.69) is 10.0 Å². The van der Waals surface area contributed by atoms with E-state index in [0.717, 1.165) is 12.8 Å². The first-order valence-electron chi connectivity index (χ1n) is 10.4. The standard InChI is InChI=1S/C21H28FN3O5S/c1-15(17-7-8-18(22)19(13-17)30-14-16-5-6-16)24-31(28,29)12-4-2-3-10-25-11-9-20(26)23-21(25)27/h2-3,7-8,13,15-16,24H,4-6,9-12,14H2,1H3,(H,23,26,27)/b3-2+/t15-/m1/s1. The Balaban J connectivity index is 1.45. The number of hydrogen-bond donors (Lipinski definition) is 2. The minimum atomic E-state index is -3.56. The molecule has 31 heavy (non-hydrogen) atoms. The molecule has 2 aliphatic rings. The Morgan fingerprint density at radius 3 is 2.81 bits per heavy atom. The minimum absolute atomic E-state index is 0.120. The molecule has 1 aromatic carbocycles.